The van der Waals surface area contributed by atoms with E-state index in [4.69, 9.17) is 9.57 Å². The fourth-order valence-corrected chi connectivity index (χ4v) is 4.12. The second kappa shape index (κ2) is 12.1. The number of carboxylic acids is 1. The second-order valence-electron chi connectivity index (χ2n) is 8.90. The number of carboxylic acid groups (broad SMARTS) is 1. The van der Waals surface area contributed by atoms with Gasteiger partial charge in [0.15, 0.2) is 6.10 Å². The van der Waals surface area contributed by atoms with Crippen molar-refractivity contribution in [2.24, 2.45) is 5.92 Å². The van der Waals surface area contributed by atoms with Crippen LogP contribution in [0.2, 0.25) is 0 Å². The maximum absolute atomic E-state index is 12.8. The monoisotopic (exact) mass is 491 g/mol. The Kier molecular flexibility index (Phi) is 9.20. The number of alkyl halides is 3. The Bertz CT molecular complexity index is 1010. The highest BCUT2D eigenvalue weighted by Crippen LogP contribution is 2.30. The van der Waals surface area contributed by atoms with E-state index < -0.39 is 23.8 Å². The Morgan fingerprint density at radius 2 is 1.83 bits per heavy atom. The van der Waals surface area contributed by atoms with E-state index in [-0.39, 0.29) is 6.61 Å². The van der Waals surface area contributed by atoms with Crippen LogP contribution in [0.5, 0.6) is 5.75 Å². The zero-order valence-corrected chi connectivity index (χ0v) is 20.0. The van der Waals surface area contributed by atoms with Crippen LogP contribution in [0.15, 0.2) is 48.5 Å². The highest BCUT2D eigenvalue weighted by Gasteiger charge is 2.29. The van der Waals surface area contributed by atoms with Gasteiger partial charge in [0.25, 0.3) is 0 Å². The number of hydrogen-bond acceptors (Lipinski definition) is 4. The molecule has 8 heteroatoms. The smallest absolute Gasteiger partial charge is 0.416 e. The molecule has 0 aliphatic heterocycles. The summed E-state index contributed by atoms with van der Waals surface area (Å²) < 4.78 is 44.0. The molecule has 0 heterocycles. The molecule has 1 fully saturated rings. The molecule has 35 heavy (non-hydrogen) atoms. The van der Waals surface area contributed by atoms with Gasteiger partial charge in [-0.2, -0.15) is 13.2 Å². The van der Waals surface area contributed by atoms with Crippen molar-refractivity contribution in [3.63, 3.8) is 0 Å². The SMILES string of the molecule is CCC(Oc1ccc(C(=CC2CCCCC2)NOCc2ccc(C(F)(F)F)cc2)cc1C)C(=O)O. The van der Waals surface area contributed by atoms with Crippen LogP contribution in [0, 0.1) is 12.8 Å². The number of ether oxygens (including phenoxy) is 1. The van der Waals surface area contributed by atoms with Crippen molar-refractivity contribution < 1.29 is 32.6 Å². The number of aliphatic carboxylic acids is 1. The van der Waals surface area contributed by atoms with Crippen molar-refractivity contribution in [2.45, 2.75) is 71.3 Å². The molecule has 0 bridgehead atoms. The fourth-order valence-electron chi connectivity index (χ4n) is 4.12. The molecule has 3 rings (SSSR count). The summed E-state index contributed by atoms with van der Waals surface area (Å²) in [5.74, 6) is -0.105. The van der Waals surface area contributed by atoms with Crippen molar-refractivity contribution >= 4 is 11.7 Å². The second-order valence-corrected chi connectivity index (χ2v) is 8.90. The largest absolute Gasteiger partial charge is 0.479 e. The molecule has 1 saturated carbocycles. The number of halogens is 3. The topological polar surface area (TPSA) is 67.8 Å². The minimum atomic E-state index is -4.37. The van der Waals surface area contributed by atoms with E-state index in [0.717, 1.165) is 41.8 Å². The van der Waals surface area contributed by atoms with Gasteiger partial charge in [0.1, 0.15) is 5.75 Å². The maximum atomic E-state index is 12.8. The third-order valence-corrected chi connectivity index (χ3v) is 6.16. The minimum absolute atomic E-state index is 0.0944. The van der Waals surface area contributed by atoms with Crippen LogP contribution in [-0.2, 0) is 22.4 Å². The molecule has 1 atom stereocenters. The van der Waals surface area contributed by atoms with Gasteiger partial charge in [-0.3, -0.25) is 10.3 Å². The van der Waals surface area contributed by atoms with E-state index in [1.54, 1.807) is 13.0 Å². The minimum Gasteiger partial charge on any atom is -0.479 e. The van der Waals surface area contributed by atoms with Crippen molar-refractivity contribution in [1.82, 2.24) is 5.48 Å². The molecule has 190 valence electrons. The Hall–Kier alpha value is -3.00. The molecule has 0 spiro atoms. The molecule has 2 aromatic carbocycles. The Balaban J connectivity index is 1.74. The molecule has 0 radical (unpaired) electrons. The summed E-state index contributed by atoms with van der Waals surface area (Å²) in [7, 11) is 0. The third-order valence-electron chi connectivity index (χ3n) is 6.16. The molecule has 1 aliphatic carbocycles. The van der Waals surface area contributed by atoms with E-state index in [1.165, 1.54) is 31.4 Å². The van der Waals surface area contributed by atoms with Gasteiger partial charge in [-0.15, -0.1) is 0 Å². The lowest BCUT2D eigenvalue weighted by molar-refractivity contribution is -0.145. The molecule has 1 unspecified atom stereocenters. The maximum Gasteiger partial charge on any atom is 0.416 e. The van der Waals surface area contributed by atoms with Gasteiger partial charge in [-0.05, 0) is 73.6 Å². The normalized spacial score (nSPS) is 16.1. The van der Waals surface area contributed by atoms with Gasteiger partial charge < -0.3 is 9.84 Å². The lowest BCUT2D eigenvalue weighted by Gasteiger charge is -2.21. The summed E-state index contributed by atoms with van der Waals surface area (Å²) in [6.45, 7) is 3.71. The van der Waals surface area contributed by atoms with Gasteiger partial charge in [0.2, 0.25) is 0 Å². The quantitative estimate of drug-likeness (QED) is 0.354. The lowest BCUT2D eigenvalue weighted by atomic mass is 9.88. The summed E-state index contributed by atoms with van der Waals surface area (Å²) in [5.41, 5.74) is 5.33. The average Bonchev–Trinajstić information content (AvgIpc) is 2.83. The van der Waals surface area contributed by atoms with Gasteiger partial charge in [-0.1, -0.05) is 44.4 Å². The van der Waals surface area contributed by atoms with Crippen LogP contribution in [0.4, 0.5) is 13.2 Å². The van der Waals surface area contributed by atoms with Gasteiger partial charge in [0.05, 0.1) is 17.9 Å². The van der Waals surface area contributed by atoms with Crippen LogP contribution in [0.3, 0.4) is 0 Å². The highest BCUT2D eigenvalue weighted by atomic mass is 19.4. The fraction of sp³-hybridized carbons (Fsp3) is 0.444. The first kappa shape index (κ1) is 26.6. The first-order valence-electron chi connectivity index (χ1n) is 11.9. The number of hydroxylamine groups is 1. The average molecular weight is 492 g/mol. The molecule has 2 aromatic rings. The summed E-state index contributed by atoms with van der Waals surface area (Å²) >= 11 is 0. The number of benzene rings is 2. The molecule has 2 N–H and O–H groups in total. The van der Waals surface area contributed by atoms with Crippen molar-refractivity contribution in [1.29, 1.82) is 0 Å². The van der Waals surface area contributed by atoms with Crippen molar-refractivity contribution in [3.05, 3.63) is 70.8 Å². The number of carbonyl (C=O) groups is 1. The van der Waals surface area contributed by atoms with E-state index >= 15 is 0 Å². The van der Waals surface area contributed by atoms with E-state index in [2.05, 4.69) is 11.6 Å². The van der Waals surface area contributed by atoms with Gasteiger partial charge in [0, 0.05) is 5.56 Å². The van der Waals surface area contributed by atoms with E-state index in [9.17, 15) is 23.1 Å². The Morgan fingerprint density at radius 1 is 1.14 bits per heavy atom. The first-order valence-corrected chi connectivity index (χ1v) is 11.9. The number of hydrogen-bond donors (Lipinski definition) is 2. The van der Waals surface area contributed by atoms with Crippen LogP contribution in [0.1, 0.15) is 67.7 Å². The zero-order chi connectivity index (χ0) is 25.4. The Morgan fingerprint density at radius 3 is 2.40 bits per heavy atom. The number of aryl methyl sites for hydroxylation is 1. The summed E-state index contributed by atoms with van der Waals surface area (Å²) in [6, 6.07) is 10.4. The first-order chi connectivity index (χ1) is 16.7. The third kappa shape index (κ3) is 7.75. The predicted molar refractivity (Wildman–Crippen MR) is 127 cm³/mol. The van der Waals surface area contributed by atoms with Gasteiger partial charge >= 0.3 is 12.1 Å². The Labute approximate surface area is 203 Å². The molecular formula is C27H32F3NO4. The summed E-state index contributed by atoms with van der Waals surface area (Å²) in [5, 5.41) is 9.28. The van der Waals surface area contributed by atoms with E-state index in [1.807, 2.05) is 19.1 Å². The summed E-state index contributed by atoms with van der Waals surface area (Å²) in [4.78, 5) is 17.0. The van der Waals surface area contributed by atoms with Crippen LogP contribution < -0.4 is 10.2 Å². The molecule has 0 aromatic heterocycles. The number of nitrogens with one attached hydrogen (secondary N) is 1. The number of allylic oxidation sites excluding steroid dienone is 1. The van der Waals surface area contributed by atoms with Crippen LogP contribution >= 0.6 is 0 Å². The highest BCUT2D eigenvalue weighted by molar-refractivity contribution is 5.73. The van der Waals surface area contributed by atoms with Crippen molar-refractivity contribution in [3.8, 4) is 5.75 Å². The van der Waals surface area contributed by atoms with Gasteiger partial charge in [-0.25, -0.2) is 4.79 Å². The van der Waals surface area contributed by atoms with Crippen molar-refractivity contribution in [2.75, 3.05) is 0 Å². The molecule has 0 saturated heterocycles. The number of rotatable bonds is 10. The summed E-state index contributed by atoms with van der Waals surface area (Å²) in [6.07, 6.45) is 2.94. The van der Waals surface area contributed by atoms with Crippen LogP contribution in [0.25, 0.3) is 5.70 Å². The molecule has 0 amide bonds. The standard InChI is InChI=1S/C27H32F3NO4/c1-3-24(26(32)33)35-25-14-11-21(15-18(25)2)23(16-19-7-5-4-6-8-19)31-34-17-20-9-12-22(13-10-20)27(28,29)30/h9-16,19,24,31H,3-8,17H2,1-2H3,(H,32,33). The molecule has 1 aliphatic rings. The molecule has 5 nitrogen and oxygen atoms in total. The molecular weight excluding hydrogens is 459 g/mol. The van der Waals surface area contributed by atoms with E-state index in [0.29, 0.717) is 23.7 Å². The lowest BCUT2D eigenvalue weighted by Crippen LogP contribution is -2.26. The predicted octanol–water partition coefficient (Wildman–Crippen LogP) is 6.90. The van der Waals surface area contributed by atoms with Crippen LogP contribution in [-0.4, -0.2) is 17.2 Å². The zero-order valence-electron chi connectivity index (χ0n) is 20.0.